The van der Waals surface area contributed by atoms with Crippen LogP contribution in [-0.4, -0.2) is 22.3 Å². The lowest BCUT2D eigenvalue weighted by Crippen LogP contribution is -2.55. The number of likely N-dealkylation sites (tertiary alicyclic amines) is 1. The van der Waals surface area contributed by atoms with Crippen LogP contribution in [0.2, 0.25) is 0 Å². The first kappa shape index (κ1) is 10.2. The van der Waals surface area contributed by atoms with Crippen molar-refractivity contribution >= 4 is 15.9 Å². The van der Waals surface area contributed by atoms with Crippen LogP contribution in [0.5, 0.6) is 0 Å². The average molecular weight is 254 g/mol. The summed E-state index contributed by atoms with van der Waals surface area (Å²) in [5.41, 5.74) is 2.75. The normalized spacial score (nSPS) is 20.5. The van der Waals surface area contributed by atoms with Gasteiger partial charge in [0.05, 0.1) is 0 Å². The van der Waals surface area contributed by atoms with Crippen molar-refractivity contribution in [3.05, 3.63) is 35.4 Å². The molecule has 14 heavy (non-hydrogen) atoms. The molecule has 0 bridgehead atoms. The standard InChI is InChI=1S/C12H16BrN/c1-10-3-5-11(6-4-10)7-14-8-12(2,13)9-14/h3-6H,7-9H2,1-2H3. The van der Waals surface area contributed by atoms with Gasteiger partial charge in [-0.2, -0.15) is 0 Å². The summed E-state index contributed by atoms with van der Waals surface area (Å²) >= 11 is 3.69. The lowest BCUT2D eigenvalue weighted by Gasteiger charge is -2.44. The summed E-state index contributed by atoms with van der Waals surface area (Å²) in [6.45, 7) is 7.77. The molecule has 0 unspecified atom stereocenters. The molecule has 1 fully saturated rings. The molecule has 1 aromatic carbocycles. The molecular weight excluding hydrogens is 238 g/mol. The van der Waals surface area contributed by atoms with Gasteiger partial charge in [0.1, 0.15) is 0 Å². The maximum Gasteiger partial charge on any atom is 0.0483 e. The van der Waals surface area contributed by atoms with E-state index in [0.29, 0.717) is 4.32 Å². The highest BCUT2D eigenvalue weighted by molar-refractivity contribution is 9.10. The van der Waals surface area contributed by atoms with Crippen LogP contribution in [0, 0.1) is 6.92 Å². The molecule has 0 atom stereocenters. The molecule has 0 aromatic heterocycles. The first-order valence-corrected chi connectivity index (χ1v) is 5.81. The number of hydrogen-bond donors (Lipinski definition) is 0. The smallest absolute Gasteiger partial charge is 0.0483 e. The van der Waals surface area contributed by atoms with Crippen LogP contribution in [0.15, 0.2) is 24.3 Å². The summed E-state index contributed by atoms with van der Waals surface area (Å²) in [5, 5.41) is 0. The van der Waals surface area contributed by atoms with E-state index in [-0.39, 0.29) is 0 Å². The van der Waals surface area contributed by atoms with E-state index in [1.54, 1.807) is 0 Å². The molecule has 2 rings (SSSR count). The Hall–Kier alpha value is -0.340. The van der Waals surface area contributed by atoms with Gasteiger partial charge in [0.15, 0.2) is 0 Å². The molecular formula is C12H16BrN. The van der Waals surface area contributed by atoms with Crippen molar-refractivity contribution in [2.24, 2.45) is 0 Å². The minimum Gasteiger partial charge on any atom is -0.296 e. The Labute approximate surface area is 94.2 Å². The first-order valence-electron chi connectivity index (χ1n) is 5.02. The molecule has 76 valence electrons. The number of alkyl halides is 1. The predicted molar refractivity (Wildman–Crippen MR) is 63.8 cm³/mol. The van der Waals surface area contributed by atoms with Crippen LogP contribution in [-0.2, 0) is 6.54 Å². The van der Waals surface area contributed by atoms with Gasteiger partial charge >= 0.3 is 0 Å². The van der Waals surface area contributed by atoms with Crippen LogP contribution in [0.4, 0.5) is 0 Å². The zero-order valence-electron chi connectivity index (χ0n) is 8.76. The van der Waals surface area contributed by atoms with Gasteiger partial charge in [-0.05, 0) is 19.4 Å². The summed E-state index contributed by atoms with van der Waals surface area (Å²) in [6, 6.07) is 8.81. The fourth-order valence-electron chi connectivity index (χ4n) is 1.95. The molecule has 1 heterocycles. The third-order valence-corrected chi connectivity index (χ3v) is 3.13. The second-order valence-electron chi connectivity index (χ2n) is 4.54. The van der Waals surface area contributed by atoms with E-state index in [0.717, 1.165) is 19.6 Å². The molecule has 1 aromatic rings. The number of nitrogens with zero attached hydrogens (tertiary/aromatic N) is 1. The minimum atomic E-state index is 0.359. The van der Waals surface area contributed by atoms with E-state index >= 15 is 0 Å². The van der Waals surface area contributed by atoms with Crippen LogP contribution in [0.25, 0.3) is 0 Å². The number of benzene rings is 1. The van der Waals surface area contributed by atoms with Crippen molar-refractivity contribution in [2.45, 2.75) is 24.7 Å². The van der Waals surface area contributed by atoms with Crippen LogP contribution >= 0.6 is 15.9 Å². The maximum absolute atomic E-state index is 3.69. The molecule has 1 aliphatic rings. The summed E-state index contributed by atoms with van der Waals surface area (Å²) in [5.74, 6) is 0. The van der Waals surface area contributed by atoms with Gasteiger partial charge in [0.2, 0.25) is 0 Å². The highest BCUT2D eigenvalue weighted by Crippen LogP contribution is 2.30. The summed E-state index contributed by atoms with van der Waals surface area (Å²) in [4.78, 5) is 2.46. The lowest BCUT2D eigenvalue weighted by atomic mass is 10.0. The second kappa shape index (κ2) is 3.67. The maximum atomic E-state index is 3.69. The Balaban J connectivity index is 1.90. The van der Waals surface area contributed by atoms with Crippen LogP contribution in [0.3, 0.4) is 0 Å². The molecule has 0 N–H and O–H groups in total. The van der Waals surface area contributed by atoms with Crippen molar-refractivity contribution in [3.8, 4) is 0 Å². The first-order chi connectivity index (χ1) is 6.55. The largest absolute Gasteiger partial charge is 0.296 e. The second-order valence-corrected chi connectivity index (χ2v) is 6.46. The van der Waals surface area contributed by atoms with Gasteiger partial charge in [-0.15, -0.1) is 0 Å². The molecule has 0 aliphatic carbocycles. The molecule has 1 nitrogen and oxygen atoms in total. The Morgan fingerprint density at radius 2 is 1.86 bits per heavy atom. The predicted octanol–water partition coefficient (Wildman–Crippen LogP) is 2.96. The Morgan fingerprint density at radius 3 is 2.36 bits per heavy atom. The molecule has 0 saturated carbocycles. The summed E-state index contributed by atoms with van der Waals surface area (Å²) in [7, 11) is 0. The van der Waals surface area contributed by atoms with Crippen LogP contribution < -0.4 is 0 Å². The molecule has 1 aliphatic heterocycles. The number of rotatable bonds is 2. The quantitative estimate of drug-likeness (QED) is 0.733. The minimum absolute atomic E-state index is 0.359. The Kier molecular flexibility index (Phi) is 2.67. The van der Waals surface area contributed by atoms with Gasteiger partial charge in [-0.1, -0.05) is 45.8 Å². The van der Waals surface area contributed by atoms with Crippen molar-refractivity contribution < 1.29 is 0 Å². The fraction of sp³-hybridized carbons (Fsp3) is 0.500. The number of halogens is 1. The summed E-state index contributed by atoms with van der Waals surface area (Å²) in [6.07, 6.45) is 0. The van der Waals surface area contributed by atoms with Crippen molar-refractivity contribution in [2.75, 3.05) is 13.1 Å². The van der Waals surface area contributed by atoms with Gasteiger partial charge in [-0.25, -0.2) is 0 Å². The Bertz CT molecular complexity index is 308. The topological polar surface area (TPSA) is 3.24 Å². The van der Waals surface area contributed by atoms with Gasteiger partial charge < -0.3 is 0 Å². The molecule has 2 heteroatoms. The van der Waals surface area contributed by atoms with E-state index in [4.69, 9.17) is 0 Å². The lowest BCUT2D eigenvalue weighted by molar-refractivity contribution is 0.133. The van der Waals surface area contributed by atoms with Crippen molar-refractivity contribution in [3.63, 3.8) is 0 Å². The van der Waals surface area contributed by atoms with E-state index < -0.39 is 0 Å². The zero-order valence-corrected chi connectivity index (χ0v) is 10.3. The highest BCUT2D eigenvalue weighted by Gasteiger charge is 2.35. The zero-order chi connectivity index (χ0) is 10.2. The summed E-state index contributed by atoms with van der Waals surface area (Å²) < 4.78 is 0.359. The molecule has 0 radical (unpaired) electrons. The SMILES string of the molecule is Cc1ccc(CN2CC(C)(Br)C2)cc1. The number of hydrogen-bond acceptors (Lipinski definition) is 1. The van der Waals surface area contributed by atoms with Gasteiger partial charge in [-0.3, -0.25) is 4.90 Å². The van der Waals surface area contributed by atoms with Crippen LogP contribution in [0.1, 0.15) is 18.1 Å². The third-order valence-electron chi connectivity index (χ3n) is 2.63. The van der Waals surface area contributed by atoms with Gasteiger partial charge in [0.25, 0.3) is 0 Å². The van der Waals surface area contributed by atoms with Crippen molar-refractivity contribution in [1.82, 2.24) is 4.90 Å². The molecule has 1 saturated heterocycles. The van der Waals surface area contributed by atoms with E-state index in [2.05, 4.69) is 58.9 Å². The van der Waals surface area contributed by atoms with Crippen molar-refractivity contribution in [1.29, 1.82) is 0 Å². The average Bonchev–Trinajstić information content (AvgIpc) is 2.06. The van der Waals surface area contributed by atoms with Gasteiger partial charge in [0, 0.05) is 24.0 Å². The highest BCUT2D eigenvalue weighted by atomic mass is 79.9. The molecule has 0 amide bonds. The fourth-order valence-corrected chi connectivity index (χ4v) is 2.66. The number of aryl methyl sites for hydroxylation is 1. The van der Waals surface area contributed by atoms with E-state index in [9.17, 15) is 0 Å². The third kappa shape index (κ3) is 2.37. The van der Waals surface area contributed by atoms with E-state index in [1.807, 2.05) is 0 Å². The molecule has 0 spiro atoms. The monoisotopic (exact) mass is 253 g/mol. The van der Waals surface area contributed by atoms with E-state index in [1.165, 1.54) is 11.1 Å². The Morgan fingerprint density at radius 1 is 1.29 bits per heavy atom.